The summed E-state index contributed by atoms with van der Waals surface area (Å²) >= 11 is 0. The second-order valence-electron chi connectivity index (χ2n) is 7.87. The van der Waals surface area contributed by atoms with E-state index in [2.05, 4.69) is 0 Å². The van der Waals surface area contributed by atoms with Crippen molar-refractivity contribution in [2.24, 2.45) is 11.3 Å². The highest BCUT2D eigenvalue weighted by Gasteiger charge is 2.73. The number of Topliss-reactive ketones (excluding diaryl/α,β-unsaturated/α-hetero) is 1. The molecule has 1 amide bonds. The lowest BCUT2D eigenvalue weighted by Crippen LogP contribution is -2.72. The average Bonchev–Trinajstić information content (AvgIpc) is 2.86. The quantitative estimate of drug-likeness (QED) is 0.725. The topological polar surface area (TPSA) is 82.1 Å². The van der Waals surface area contributed by atoms with E-state index in [1.165, 1.54) is 4.90 Å². The third-order valence-electron chi connectivity index (χ3n) is 5.09. The zero-order valence-electron chi connectivity index (χ0n) is 14.7. The van der Waals surface area contributed by atoms with Crippen molar-refractivity contribution < 1.29 is 28.6 Å². The fraction of sp³-hybridized carbons (Fsp3) is 0.824. The van der Waals surface area contributed by atoms with Crippen molar-refractivity contribution in [2.45, 2.75) is 58.2 Å². The van der Waals surface area contributed by atoms with E-state index in [4.69, 9.17) is 14.2 Å². The van der Waals surface area contributed by atoms with E-state index in [0.717, 1.165) is 0 Å². The molecule has 1 saturated carbocycles. The van der Waals surface area contributed by atoms with Crippen molar-refractivity contribution >= 4 is 17.8 Å². The standard InChI is InChI=1S/C17H25NO6/c1-5-23-12(19)6-10-7-17-9-22-8-11(17)18(14(17)13(10)20)15(21)24-16(2,3)4/h10-11,14H,5-9H2,1-4H3. The first-order valence-electron chi connectivity index (χ1n) is 8.48. The molecule has 7 nitrogen and oxygen atoms in total. The van der Waals surface area contributed by atoms with Crippen LogP contribution in [0.3, 0.4) is 0 Å². The van der Waals surface area contributed by atoms with Gasteiger partial charge in [-0.3, -0.25) is 14.5 Å². The van der Waals surface area contributed by atoms with Crippen molar-refractivity contribution in [1.29, 1.82) is 0 Å². The molecule has 0 aromatic carbocycles. The molecular formula is C17H25NO6. The van der Waals surface area contributed by atoms with Gasteiger partial charge < -0.3 is 14.2 Å². The van der Waals surface area contributed by atoms with Crippen molar-refractivity contribution in [1.82, 2.24) is 4.90 Å². The van der Waals surface area contributed by atoms with Crippen LogP contribution >= 0.6 is 0 Å². The molecule has 0 bridgehead atoms. The Bertz CT molecular complexity index is 568. The molecule has 0 radical (unpaired) electrons. The summed E-state index contributed by atoms with van der Waals surface area (Å²) in [4.78, 5) is 38.6. The predicted molar refractivity (Wildman–Crippen MR) is 83.3 cm³/mol. The van der Waals surface area contributed by atoms with Crippen LogP contribution in [-0.4, -0.2) is 60.3 Å². The molecule has 2 aliphatic heterocycles. The molecule has 3 aliphatic rings. The molecular weight excluding hydrogens is 314 g/mol. The number of hydrogen-bond donors (Lipinski definition) is 0. The molecule has 7 heteroatoms. The predicted octanol–water partition coefficient (Wildman–Crippen LogP) is 1.53. The van der Waals surface area contributed by atoms with Gasteiger partial charge in [0.15, 0.2) is 5.78 Å². The Morgan fingerprint density at radius 2 is 2.08 bits per heavy atom. The molecule has 0 N–H and O–H groups in total. The molecule has 0 aromatic rings. The van der Waals surface area contributed by atoms with Gasteiger partial charge in [0.1, 0.15) is 11.6 Å². The van der Waals surface area contributed by atoms with Crippen LogP contribution < -0.4 is 0 Å². The lowest BCUT2D eigenvalue weighted by molar-refractivity contribution is -0.146. The summed E-state index contributed by atoms with van der Waals surface area (Å²) in [6.45, 7) is 8.28. The van der Waals surface area contributed by atoms with E-state index < -0.39 is 23.7 Å². The van der Waals surface area contributed by atoms with Gasteiger partial charge in [-0.05, 0) is 34.1 Å². The molecule has 24 heavy (non-hydrogen) atoms. The second kappa shape index (κ2) is 5.72. The Hall–Kier alpha value is -1.63. The Labute approximate surface area is 141 Å². The van der Waals surface area contributed by atoms with Crippen LogP contribution in [0.4, 0.5) is 4.79 Å². The largest absolute Gasteiger partial charge is 0.466 e. The lowest BCUT2D eigenvalue weighted by atomic mass is 9.68. The normalized spacial score (nSPS) is 34.4. The van der Waals surface area contributed by atoms with Gasteiger partial charge in [-0.1, -0.05) is 0 Å². The minimum atomic E-state index is -0.624. The number of carbonyl (C=O) groups excluding carboxylic acids is 3. The maximum Gasteiger partial charge on any atom is 0.411 e. The monoisotopic (exact) mass is 339 g/mol. The summed E-state index contributed by atoms with van der Waals surface area (Å²) in [5, 5.41) is 0. The Kier molecular flexibility index (Phi) is 4.10. The highest BCUT2D eigenvalue weighted by Crippen LogP contribution is 2.58. The Balaban J connectivity index is 1.77. The minimum absolute atomic E-state index is 0.0692. The molecule has 3 rings (SSSR count). The van der Waals surface area contributed by atoms with Crippen LogP contribution in [0.2, 0.25) is 0 Å². The lowest BCUT2D eigenvalue weighted by Gasteiger charge is -2.54. The van der Waals surface area contributed by atoms with Gasteiger partial charge in [-0.15, -0.1) is 0 Å². The average molecular weight is 339 g/mol. The third-order valence-corrected chi connectivity index (χ3v) is 5.09. The van der Waals surface area contributed by atoms with Gasteiger partial charge in [0.2, 0.25) is 0 Å². The van der Waals surface area contributed by atoms with Gasteiger partial charge in [0.05, 0.1) is 32.3 Å². The number of nitrogens with zero attached hydrogens (tertiary/aromatic N) is 1. The maximum atomic E-state index is 12.8. The number of ketones is 1. The van der Waals surface area contributed by atoms with E-state index in [9.17, 15) is 14.4 Å². The van der Waals surface area contributed by atoms with Gasteiger partial charge >= 0.3 is 12.1 Å². The van der Waals surface area contributed by atoms with Gasteiger partial charge in [-0.2, -0.15) is 0 Å². The third kappa shape index (κ3) is 2.59. The van der Waals surface area contributed by atoms with Crippen molar-refractivity contribution in [2.75, 3.05) is 19.8 Å². The summed E-state index contributed by atoms with van der Waals surface area (Å²) in [5.41, 5.74) is -0.980. The molecule has 134 valence electrons. The molecule has 3 fully saturated rings. The Morgan fingerprint density at radius 1 is 1.38 bits per heavy atom. The van der Waals surface area contributed by atoms with Crippen molar-refractivity contribution in [3.8, 4) is 0 Å². The minimum Gasteiger partial charge on any atom is -0.466 e. The SMILES string of the molecule is CCOC(=O)CC1CC23COCC2N(C(=O)OC(C)(C)C)C3C1=O. The van der Waals surface area contributed by atoms with E-state index in [1.807, 2.05) is 0 Å². The number of hydrogen-bond acceptors (Lipinski definition) is 6. The van der Waals surface area contributed by atoms with Crippen molar-refractivity contribution in [3.63, 3.8) is 0 Å². The fourth-order valence-corrected chi connectivity index (χ4v) is 4.27. The summed E-state index contributed by atoms with van der Waals surface area (Å²) in [7, 11) is 0. The van der Waals surface area contributed by atoms with Crippen LogP contribution in [0.25, 0.3) is 0 Å². The van der Waals surface area contributed by atoms with E-state index >= 15 is 0 Å². The second-order valence-corrected chi connectivity index (χ2v) is 7.87. The number of likely N-dealkylation sites (tertiary alicyclic amines) is 1. The van der Waals surface area contributed by atoms with Crippen molar-refractivity contribution in [3.05, 3.63) is 0 Å². The van der Waals surface area contributed by atoms with Crippen LogP contribution in [0.5, 0.6) is 0 Å². The number of carbonyl (C=O) groups is 3. The maximum absolute atomic E-state index is 12.8. The van der Waals surface area contributed by atoms with Gasteiger partial charge in [0, 0.05) is 11.3 Å². The first kappa shape index (κ1) is 17.2. The summed E-state index contributed by atoms with van der Waals surface area (Å²) in [5.74, 6) is -0.853. The number of esters is 1. The van der Waals surface area contributed by atoms with E-state index in [0.29, 0.717) is 26.2 Å². The van der Waals surface area contributed by atoms with Gasteiger partial charge in [0.25, 0.3) is 0 Å². The number of amides is 1. The Morgan fingerprint density at radius 3 is 2.71 bits per heavy atom. The zero-order chi connectivity index (χ0) is 17.7. The smallest absolute Gasteiger partial charge is 0.411 e. The van der Waals surface area contributed by atoms with Gasteiger partial charge in [-0.25, -0.2) is 4.79 Å². The van der Waals surface area contributed by atoms with Crippen LogP contribution in [0.15, 0.2) is 0 Å². The van der Waals surface area contributed by atoms with E-state index in [1.54, 1.807) is 27.7 Å². The number of rotatable bonds is 3. The molecule has 4 atom stereocenters. The molecule has 2 saturated heterocycles. The summed E-state index contributed by atoms with van der Waals surface area (Å²) < 4.78 is 16.0. The zero-order valence-corrected chi connectivity index (χ0v) is 14.7. The van der Waals surface area contributed by atoms with Crippen LogP contribution in [0, 0.1) is 11.3 Å². The fourth-order valence-electron chi connectivity index (χ4n) is 4.27. The van der Waals surface area contributed by atoms with Crippen LogP contribution in [-0.2, 0) is 23.8 Å². The molecule has 2 heterocycles. The molecule has 0 aromatic heterocycles. The van der Waals surface area contributed by atoms with E-state index in [-0.39, 0.29) is 29.6 Å². The molecule has 1 aliphatic carbocycles. The highest BCUT2D eigenvalue weighted by molar-refractivity contribution is 5.97. The molecule has 4 unspecified atom stereocenters. The first-order valence-corrected chi connectivity index (χ1v) is 8.48. The number of ether oxygens (including phenoxy) is 3. The summed E-state index contributed by atoms with van der Waals surface area (Å²) in [6, 6.07) is -0.687. The first-order chi connectivity index (χ1) is 11.2. The molecule has 1 spiro atoms. The summed E-state index contributed by atoms with van der Waals surface area (Å²) in [6.07, 6.45) is 0.155. The van der Waals surface area contributed by atoms with Crippen LogP contribution in [0.1, 0.15) is 40.5 Å². The highest BCUT2D eigenvalue weighted by atomic mass is 16.6.